The zero-order valence-corrected chi connectivity index (χ0v) is 11.9. The average Bonchev–Trinajstić information content (AvgIpc) is 3.13. The molecule has 3 heterocycles. The molecule has 21 heavy (non-hydrogen) atoms. The summed E-state index contributed by atoms with van der Waals surface area (Å²) in [4.78, 5) is 24.4. The van der Waals surface area contributed by atoms with Gasteiger partial charge in [-0.05, 0) is 19.1 Å². The van der Waals surface area contributed by atoms with Gasteiger partial charge in [0.2, 0.25) is 0 Å². The van der Waals surface area contributed by atoms with Crippen molar-refractivity contribution >= 4 is 17.1 Å². The number of rotatable bonds is 4. The van der Waals surface area contributed by atoms with E-state index in [4.69, 9.17) is 4.74 Å². The van der Waals surface area contributed by atoms with Crippen molar-refractivity contribution in [1.82, 2.24) is 24.1 Å². The summed E-state index contributed by atoms with van der Waals surface area (Å²) in [5.74, 6) is -0.455. The Balaban J connectivity index is 2.00. The Morgan fingerprint density at radius 3 is 2.90 bits per heavy atom. The maximum atomic E-state index is 11.6. The van der Waals surface area contributed by atoms with Gasteiger partial charge in [0.15, 0.2) is 11.3 Å². The summed E-state index contributed by atoms with van der Waals surface area (Å²) < 4.78 is 8.64. The average molecular weight is 285 g/mol. The predicted octanol–water partition coefficient (Wildman–Crippen LogP) is 1.48. The molecule has 0 radical (unpaired) electrons. The Morgan fingerprint density at radius 2 is 2.14 bits per heavy atom. The van der Waals surface area contributed by atoms with Gasteiger partial charge < -0.3 is 13.9 Å². The fourth-order valence-corrected chi connectivity index (χ4v) is 2.21. The topological polar surface area (TPSA) is 74.8 Å². The molecule has 0 aromatic carbocycles. The second-order valence-corrected chi connectivity index (χ2v) is 4.57. The van der Waals surface area contributed by atoms with Gasteiger partial charge in [-0.1, -0.05) is 0 Å². The predicted molar refractivity (Wildman–Crippen MR) is 75.9 cm³/mol. The number of pyridine rings is 1. The third kappa shape index (κ3) is 2.37. The molecule has 0 atom stereocenters. The number of aryl methyl sites for hydroxylation is 1. The van der Waals surface area contributed by atoms with Crippen LogP contribution in [0.5, 0.6) is 0 Å². The molecule has 0 bridgehead atoms. The summed E-state index contributed by atoms with van der Waals surface area (Å²) >= 11 is 0. The van der Waals surface area contributed by atoms with Crippen LogP contribution in [0.15, 0.2) is 31.0 Å². The maximum absolute atomic E-state index is 11.6. The van der Waals surface area contributed by atoms with Crippen LogP contribution < -0.4 is 0 Å². The lowest BCUT2D eigenvalue weighted by Crippen LogP contribution is -2.08. The largest absolute Gasteiger partial charge is 0.464 e. The van der Waals surface area contributed by atoms with E-state index in [1.165, 1.54) is 7.11 Å². The van der Waals surface area contributed by atoms with Gasteiger partial charge in [-0.25, -0.2) is 19.7 Å². The first-order chi connectivity index (χ1) is 10.2. The van der Waals surface area contributed by atoms with Crippen molar-refractivity contribution in [3.8, 4) is 0 Å². The molecule has 7 heteroatoms. The van der Waals surface area contributed by atoms with E-state index >= 15 is 0 Å². The van der Waals surface area contributed by atoms with Crippen LogP contribution in [-0.4, -0.2) is 37.2 Å². The van der Waals surface area contributed by atoms with Crippen molar-refractivity contribution in [2.75, 3.05) is 7.11 Å². The summed E-state index contributed by atoms with van der Waals surface area (Å²) in [6, 6.07) is 3.38. The van der Waals surface area contributed by atoms with Gasteiger partial charge in [0, 0.05) is 12.7 Å². The number of imidazole rings is 2. The van der Waals surface area contributed by atoms with Crippen LogP contribution in [0.25, 0.3) is 11.2 Å². The molecule has 108 valence electrons. The van der Waals surface area contributed by atoms with E-state index in [2.05, 4.69) is 26.4 Å². The molecule has 0 fully saturated rings. The van der Waals surface area contributed by atoms with Gasteiger partial charge in [-0.15, -0.1) is 0 Å². The molecular weight excluding hydrogens is 270 g/mol. The summed E-state index contributed by atoms with van der Waals surface area (Å²) in [5, 5.41) is 0. The van der Waals surface area contributed by atoms with E-state index in [1.807, 2.05) is 10.8 Å². The van der Waals surface area contributed by atoms with Crippen LogP contribution in [0, 0.1) is 0 Å². The van der Waals surface area contributed by atoms with E-state index < -0.39 is 5.97 Å². The van der Waals surface area contributed by atoms with Crippen molar-refractivity contribution in [1.29, 1.82) is 0 Å². The fourth-order valence-electron chi connectivity index (χ4n) is 2.21. The SMILES string of the molecule is CCn1cncc1Cn1cnc2ccc(C(=O)OC)nc21. The van der Waals surface area contributed by atoms with Crippen molar-refractivity contribution in [2.24, 2.45) is 0 Å². The molecule has 0 saturated carbocycles. The summed E-state index contributed by atoms with van der Waals surface area (Å²) in [6.07, 6.45) is 5.33. The molecule has 3 aromatic rings. The van der Waals surface area contributed by atoms with E-state index in [9.17, 15) is 4.79 Å². The van der Waals surface area contributed by atoms with E-state index in [1.54, 1.807) is 24.8 Å². The number of carbonyl (C=O) groups excluding carboxylic acids is 1. The number of aromatic nitrogens is 5. The molecule has 0 unspecified atom stereocenters. The second kappa shape index (κ2) is 5.35. The van der Waals surface area contributed by atoms with Gasteiger partial charge in [0.25, 0.3) is 0 Å². The number of fused-ring (bicyclic) bond motifs is 1. The molecule has 3 aromatic heterocycles. The van der Waals surface area contributed by atoms with Crippen molar-refractivity contribution < 1.29 is 9.53 Å². The first kappa shape index (κ1) is 13.3. The highest BCUT2D eigenvalue weighted by atomic mass is 16.5. The van der Waals surface area contributed by atoms with Crippen LogP contribution in [0.3, 0.4) is 0 Å². The second-order valence-electron chi connectivity index (χ2n) is 4.57. The third-order valence-corrected chi connectivity index (χ3v) is 3.33. The summed E-state index contributed by atoms with van der Waals surface area (Å²) in [5.41, 5.74) is 2.73. The van der Waals surface area contributed by atoms with E-state index in [0.717, 1.165) is 17.8 Å². The first-order valence-electron chi connectivity index (χ1n) is 6.62. The van der Waals surface area contributed by atoms with Crippen molar-refractivity contribution in [3.05, 3.63) is 42.4 Å². The number of methoxy groups -OCH3 is 1. The van der Waals surface area contributed by atoms with E-state index in [0.29, 0.717) is 12.2 Å². The van der Waals surface area contributed by atoms with Crippen LogP contribution in [0.4, 0.5) is 0 Å². The smallest absolute Gasteiger partial charge is 0.356 e. The molecule has 0 N–H and O–H groups in total. The molecule has 0 spiro atoms. The number of hydrogen-bond acceptors (Lipinski definition) is 5. The highest BCUT2D eigenvalue weighted by Crippen LogP contribution is 2.14. The number of carbonyl (C=O) groups is 1. The Kier molecular flexibility index (Phi) is 3.39. The van der Waals surface area contributed by atoms with Crippen molar-refractivity contribution in [3.63, 3.8) is 0 Å². The van der Waals surface area contributed by atoms with Crippen LogP contribution in [-0.2, 0) is 17.8 Å². The van der Waals surface area contributed by atoms with Gasteiger partial charge in [0.1, 0.15) is 5.52 Å². The monoisotopic (exact) mass is 285 g/mol. The van der Waals surface area contributed by atoms with Crippen LogP contribution >= 0.6 is 0 Å². The van der Waals surface area contributed by atoms with Crippen molar-refractivity contribution in [2.45, 2.75) is 20.0 Å². The normalized spacial score (nSPS) is 11.0. The highest BCUT2D eigenvalue weighted by Gasteiger charge is 2.12. The van der Waals surface area contributed by atoms with Gasteiger partial charge in [0.05, 0.1) is 32.0 Å². The number of hydrogen-bond donors (Lipinski definition) is 0. The Bertz CT molecular complexity index is 790. The molecule has 0 amide bonds. The Labute approximate surface area is 121 Å². The minimum atomic E-state index is -0.455. The lowest BCUT2D eigenvalue weighted by Gasteiger charge is -2.07. The first-order valence-corrected chi connectivity index (χ1v) is 6.62. The fraction of sp³-hybridized carbons (Fsp3) is 0.286. The molecule has 0 aliphatic carbocycles. The summed E-state index contributed by atoms with van der Waals surface area (Å²) in [7, 11) is 1.34. The van der Waals surface area contributed by atoms with Gasteiger partial charge >= 0.3 is 5.97 Å². The molecular formula is C14H15N5O2. The van der Waals surface area contributed by atoms with E-state index in [-0.39, 0.29) is 5.69 Å². The van der Waals surface area contributed by atoms with Gasteiger partial charge in [-0.3, -0.25) is 0 Å². The zero-order valence-electron chi connectivity index (χ0n) is 11.9. The third-order valence-electron chi connectivity index (χ3n) is 3.33. The molecule has 0 aliphatic heterocycles. The Hall–Kier alpha value is -2.70. The minimum Gasteiger partial charge on any atom is -0.464 e. The molecule has 0 aliphatic rings. The molecule has 7 nitrogen and oxygen atoms in total. The van der Waals surface area contributed by atoms with Gasteiger partial charge in [-0.2, -0.15) is 0 Å². The summed E-state index contributed by atoms with van der Waals surface area (Å²) in [6.45, 7) is 3.51. The quantitative estimate of drug-likeness (QED) is 0.679. The molecule has 3 rings (SSSR count). The van der Waals surface area contributed by atoms with Crippen LogP contribution in [0.2, 0.25) is 0 Å². The molecule has 0 saturated heterocycles. The highest BCUT2D eigenvalue weighted by molar-refractivity contribution is 5.89. The number of ether oxygens (including phenoxy) is 1. The standard InChI is InChI=1S/C14H15N5O2/c1-3-18-8-15-6-10(18)7-19-9-16-11-4-5-12(14(20)21-2)17-13(11)19/h4-6,8-9H,3,7H2,1-2H3. The number of esters is 1. The van der Waals surface area contributed by atoms with Crippen LogP contribution in [0.1, 0.15) is 23.1 Å². The lowest BCUT2D eigenvalue weighted by molar-refractivity contribution is 0.0594. The lowest BCUT2D eigenvalue weighted by atomic mass is 10.3. The Morgan fingerprint density at radius 1 is 1.29 bits per heavy atom. The maximum Gasteiger partial charge on any atom is 0.356 e. The minimum absolute atomic E-state index is 0.274. The zero-order chi connectivity index (χ0) is 14.8. The number of nitrogens with zero attached hydrogens (tertiary/aromatic N) is 5.